The summed E-state index contributed by atoms with van der Waals surface area (Å²) in [6.45, 7) is 1.98. The molecule has 4 nitrogen and oxygen atoms in total. The standard InChI is InChI=1S/C12H14FN3O/c1-3-8-11(15-16-12(8)14)7-4-5-10(17-2)9(13)6-7/h4-6H,3H2,1-2H3,(H3,14,15,16). The molecule has 0 spiro atoms. The molecular formula is C12H14FN3O. The van der Waals surface area contributed by atoms with Gasteiger partial charge in [-0.05, 0) is 24.6 Å². The summed E-state index contributed by atoms with van der Waals surface area (Å²) in [5.74, 6) is 0.276. The molecule has 0 amide bonds. The van der Waals surface area contributed by atoms with Crippen molar-refractivity contribution in [3.05, 3.63) is 29.6 Å². The average molecular weight is 235 g/mol. The van der Waals surface area contributed by atoms with Gasteiger partial charge in [0, 0.05) is 11.1 Å². The van der Waals surface area contributed by atoms with E-state index in [1.165, 1.54) is 13.2 Å². The number of aromatic amines is 1. The summed E-state index contributed by atoms with van der Waals surface area (Å²) < 4.78 is 18.5. The van der Waals surface area contributed by atoms with E-state index in [0.29, 0.717) is 11.4 Å². The Morgan fingerprint density at radius 1 is 1.47 bits per heavy atom. The molecule has 17 heavy (non-hydrogen) atoms. The minimum absolute atomic E-state index is 0.222. The third kappa shape index (κ3) is 1.95. The summed E-state index contributed by atoms with van der Waals surface area (Å²) in [5, 5.41) is 6.76. The van der Waals surface area contributed by atoms with Crippen LogP contribution in [0, 0.1) is 5.82 Å². The highest BCUT2D eigenvalue weighted by Gasteiger charge is 2.12. The highest BCUT2D eigenvalue weighted by atomic mass is 19.1. The lowest BCUT2D eigenvalue weighted by Crippen LogP contribution is -1.92. The van der Waals surface area contributed by atoms with Crippen molar-refractivity contribution < 1.29 is 9.13 Å². The number of methoxy groups -OCH3 is 1. The first-order chi connectivity index (χ1) is 8.17. The Morgan fingerprint density at radius 3 is 2.82 bits per heavy atom. The van der Waals surface area contributed by atoms with Crippen molar-refractivity contribution in [2.75, 3.05) is 12.8 Å². The van der Waals surface area contributed by atoms with Crippen LogP contribution < -0.4 is 10.5 Å². The Bertz CT molecular complexity index is 537. The van der Waals surface area contributed by atoms with Crippen LogP contribution in [0.25, 0.3) is 11.3 Å². The predicted molar refractivity (Wildman–Crippen MR) is 64.3 cm³/mol. The first kappa shape index (κ1) is 11.4. The lowest BCUT2D eigenvalue weighted by atomic mass is 10.1. The number of rotatable bonds is 3. The first-order valence-electron chi connectivity index (χ1n) is 5.34. The van der Waals surface area contributed by atoms with E-state index in [1.54, 1.807) is 12.1 Å². The van der Waals surface area contributed by atoms with Crippen LogP contribution in [0.2, 0.25) is 0 Å². The number of benzene rings is 1. The number of nitrogen functional groups attached to an aromatic ring is 1. The van der Waals surface area contributed by atoms with Crippen LogP contribution in [-0.2, 0) is 6.42 Å². The number of nitrogens with one attached hydrogen (secondary N) is 1. The second-order valence-corrected chi connectivity index (χ2v) is 3.67. The van der Waals surface area contributed by atoms with E-state index in [2.05, 4.69) is 10.2 Å². The van der Waals surface area contributed by atoms with Gasteiger partial charge in [0.2, 0.25) is 0 Å². The molecule has 0 aliphatic rings. The maximum Gasteiger partial charge on any atom is 0.165 e. The number of halogens is 1. The fourth-order valence-electron chi connectivity index (χ4n) is 1.80. The lowest BCUT2D eigenvalue weighted by Gasteiger charge is -2.05. The van der Waals surface area contributed by atoms with Gasteiger partial charge in [-0.3, -0.25) is 5.10 Å². The molecule has 0 aliphatic heterocycles. The van der Waals surface area contributed by atoms with E-state index >= 15 is 0 Å². The molecule has 0 aliphatic carbocycles. The number of H-pyrrole nitrogens is 1. The Labute approximate surface area is 98.6 Å². The zero-order chi connectivity index (χ0) is 12.4. The zero-order valence-electron chi connectivity index (χ0n) is 9.75. The van der Waals surface area contributed by atoms with Crippen LogP contribution >= 0.6 is 0 Å². The molecule has 0 saturated carbocycles. The van der Waals surface area contributed by atoms with E-state index in [4.69, 9.17) is 10.5 Å². The summed E-state index contributed by atoms with van der Waals surface area (Å²) in [6.07, 6.45) is 0.741. The number of hydrogen-bond acceptors (Lipinski definition) is 3. The summed E-state index contributed by atoms with van der Waals surface area (Å²) in [6, 6.07) is 4.76. The van der Waals surface area contributed by atoms with E-state index in [-0.39, 0.29) is 5.75 Å². The van der Waals surface area contributed by atoms with Gasteiger partial charge in [-0.2, -0.15) is 5.10 Å². The van der Waals surface area contributed by atoms with Crippen LogP contribution in [0.3, 0.4) is 0 Å². The molecule has 90 valence electrons. The third-order valence-corrected chi connectivity index (χ3v) is 2.69. The van der Waals surface area contributed by atoms with E-state index in [9.17, 15) is 4.39 Å². The van der Waals surface area contributed by atoms with Crippen molar-refractivity contribution in [2.45, 2.75) is 13.3 Å². The molecule has 2 aromatic rings. The van der Waals surface area contributed by atoms with Crippen LogP contribution in [0.15, 0.2) is 18.2 Å². The second-order valence-electron chi connectivity index (χ2n) is 3.67. The molecule has 2 rings (SSSR count). The van der Waals surface area contributed by atoms with Gasteiger partial charge in [0.05, 0.1) is 12.8 Å². The van der Waals surface area contributed by atoms with Gasteiger partial charge in [-0.25, -0.2) is 4.39 Å². The molecule has 5 heteroatoms. The molecule has 1 heterocycles. The monoisotopic (exact) mass is 235 g/mol. The fraction of sp³-hybridized carbons (Fsp3) is 0.250. The molecule has 0 radical (unpaired) electrons. The quantitative estimate of drug-likeness (QED) is 0.858. The fourth-order valence-corrected chi connectivity index (χ4v) is 1.80. The van der Waals surface area contributed by atoms with Gasteiger partial charge >= 0.3 is 0 Å². The van der Waals surface area contributed by atoms with Crippen LogP contribution in [0.5, 0.6) is 5.75 Å². The average Bonchev–Trinajstić information content (AvgIpc) is 2.70. The maximum atomic E-state index is 13.6. The van der Waals surface area contributed by atoms with Crippen molar-refractivity contribution in [3.8, 4) is 17.0 Å². The SMILES string of the molecule is CCc1c(N)n[nH]c1-c1ccc(OC)c(F)c1. The second kappa shape index (κ2) is 4.45. The minimum atomic E-state index is -0.403. The molecule has 0 atom stereocenters. The van der Waals surface area contributed by atoms with Gasteiger partial charge in [0.1, 0.15) is 5.82 Å². The number of nitrogens with two attached hydrogens (primary N) is 1. The smallest absolute Gasteiger partial charge is 0.165 e. The van der Waals surface area contributed by atoms with Crippen LogP contribution in [0.1, 0.15) is 12.5 Å². The molecule has 0 fully saturated rings. The number of nitrogens with zero attached hydrogens (tertiary/aromatic N) is 1. The normalized spacial score (nSPS) is 10.5. The molecular weight excluding hydrogens is 221 g/mol. The van der Waals surface area contributed by atoms with Gasteiger partial charge in [0.25, 0.3) is 0 Å². The summed E-state index contributed by atoms with van der Waals surface area (Å²) >= 11 is 0. The molecule has 1 aromatic heterocycles. The van der Waals surface area contributed by atoms with Crippen LogP contribution in [-0.4, -0.2) is 17.3 Å². The van der Waals surface area contributed by atoms with Crippen molar-refractivity contribution in [2.24, 2.45) is 0 Å². The lowest BCUT2D eigenvalue weighted by molar-refractivity contribution is 0.386. The minimum Gasteiger partial charge on any atom is -0.494 e. The van der Waals surface area contributed by atoms with Gasteiger partial charge < -0.3 is 10.5 Å². The third-order valence-electron chi connectivity index (χ3n) is 2.69. The maximum absolute atomic E-state index is 13.6. The predicted octanol–water partition coefficient (Wildman–Crippen LogP) is 2.37. The van der Waals surface area contributed by atoms with Crippen LogP contribution in [0.4, 0.5) is 10.2 Å². The first-order valence-corrected chi connectivity index (χ1v) is 5.34. The number of ether oxygens (including phenoxy) is 1. The van der Waals surface area contributed by atoms with Crippen molar-refractivity contribution in [1.82, 2.24) is 10.2 Å². The Kier molecular flexibility index (Phi) is 2.99. The highest BCUT2D eigenvalue weighted by Crippen LogP contribution is 2.28. The molecule has 3 N–H and O–H groups in total. The number of aromatic nitrogens is 2. The summed E-state index contributed by atoms with van der Waals surface area (Å²) in [7, 11) is 1.43. The van der Waals surface area contributed by atoms with E-state index in [1.807, 2.05) is 6.92 Å². The van der Waals surface area contributed by atoms with E-state index < -0.39 is 5.82 Å². The Morgan fingerprint density at radius 2 is 2.24 bits per heavy atom. The van der Waals surface area contributed by atoms with Gasteiger partial charge in [-0.15, -0.1) is 0 Å². The van der Waals surface area contributed by atoms with Crippen molar-refractivity contribution in [1.29, 1.82) is 0 Å². The summed E-state index contributed by atoms with van der Waals surface area (Å²) in [5.41, 5.74) is 8.09. The topological polar surface area (TPSA) is 63.9 Å². The molecule has 0 bridgehead atoms. The van der Waals surface area contributed by atoms with Crippen molar-refractivity contribution >= 4 is 5.82 Å². The Hall–Kier alpha value is -2.04. The summed E-state index contributed by atoms with van der Waals surface area (Å²) in [4.78, 5) is 0. The molecule has 1 aromatic carbocycles. The number of anilines is 1. The molecule has 0 saturated heterocycles. The zero-order valence-corrected chi connectivity index (χ0v) is 9.75. The van der Waals surface area contributed by atoms with Gasteiger partial charge in [-0.1, -0.05) is 6.92 Å². The highest BCUT2D eigenvalue weighted by molar-refractivity contribution is 5.68. The molecule has 0 unspecified atom stereocenters. The largest absolute Gasteiger partial charge is 0.494 e. The Balaban J connectivity index is 2.49. The van der Waals surface area contributed by atoms with Gasteiger partial charge in [0.15, 0.2) is 11.6 Å². The number of hydrogen-bond donors (Lipinski definition) is 2. The van der Waals surface area contributed by atoms with E-state index in [0.717, 1.165) is 17.7 Å². The van der Waals surface area contributed by atoms with Crippen molar-refractivity contribution in [3.63, 3.8) is 0 Å².